The fourth-order valence-electron chi connectivity index (χ4n) is 1.36. The van der Waals surface area contributed by atoms with Gasteiger partial charge < -0.3 is 10.2 Å². The number of nitrogens with one attached hydrogen (secondary N) is 2. The number of hydrogen-bond acceptors (Lipinski definition) is 4. The Morgan fingerprint density at radius 2 is 2.06 bits per heavy atom. The van der Waals surface area contributed by atoms with E-state index in [1.54, 1.807) is 36.7 Å². The number of hydrogen-bond donors (Lipinski definition) is 4. The SMILES string of the molecule is Oc1ccc(CN[C@@H](O)c2cn[nH]c2)cc1. The second-order valence-corrected chi connectivity index (χ2v) is 3.48. The lowest BCUT2D eigenvalue weighted by Gasteiger charge is -2.10. The van der Waals surface area contributed by atoms with E-state index in [-0.39, 0.29) is 5.75 Å². The number of aromatic amines is 1. The zero-order valence-corrected chi connectivity index (χ0v) is 8.59. The Balaban J connectivity index is 1.90. The number of aromatic nitrogens is 2. The molecule has 1 heterocycles. The van der Waals surface area contributed by atoms with Gasteiger partial charge in [-0.25, -0.2) is 0 Å². The molecule has 0 fully saturated rings. The van der Waals surface area contributed by atoms with Crippen molar-refractivity contribution in [2.24, 2.45) is 0 Å². The van der Waals surface area contributed by atoms with Crippen LogP contribution in [0.15, 0.2) is 36.7 Å². The summed E-state index contributed by atoms with van der Waals surface area (Å²) in [6.07, 6.45) is 2.45. The average Bonchev–Trinajstić information content (AvgIpc) is 2.81. The van der Waals surface area contributed by atoms with E-state index in [0.717, 1.165) is 5.56 Å². The van der Waals surface area contributed by atoms with Crippen LogP contribution in [0, 0.1) is 0 Å². The highest BCUT2D eigenvalue weighted by Gasteiger charge is 2.06. The fourth-order valence-corrected chi connectivity index (χ4v) is 1.36. The zero-order valence-electron chi connectivity index (χ0n) is 8.59. The van der Waals surface area contributed by atoms with Crippen LogP contribution in [-0.2, 0) is 6.54 Å². The van der Waals surface area contributed by atoms with Crippen LogP contribution in [0.1, 0.15) is 17.4 Å². The van der Waals surface area contributed by atoms with Crippen molar-refractivity contribution in [1.82, 2.24) is 15.5 Å². The van der Waals surface area contributed by atoms with Gasteiger partial charge in [-0.2, -0.15) is 5.10 Å². The number of phenolic OH excluding ortho intramolecular Hbond substituents is 1. The van der Waals surface area contributed by atoms with Gasteiger partial charge in [-0.15, -0.1) is 0 Å². The van der Waals surface area contributed by atoms with Gasteiger partial charge in [0.15, 0.2) is 0 Å². The van der Waals surface area contributed by atoms with E-state index in [0.29, 0.717) is 12.1 Å². The standard InChI is InChI=1S/C11H13N3O2/c15-10-3-1-8(2-4-10)5-12-11(16)9-6-13-14-7-9/h1-4,6-7,11-12,15-16H,5H2,(H,13,14)/t11-/m0/s1. The van der Waals surface area contributed by atoms with Crippen LogP contribution < -0.4 is 5.32 Å². The summed E-state index contributed by atoms with van der Waals surface area (Å²) in [7, 11) is 0. The molecular formula is C11H13N3O2. The van der Waals surface area contributed by atoms with Crippen LogP contribution in [-0.4, -0.2) is 20.4 Å². The van der Waals surface area contributed by atoms with Gasteiger partial charge in [-0.05, 0) is 17.7 Å². The molecule has 0 saturated heterocycles. The summed E-state index contributed by atoms with van der Waals surface area (Å²) in [6.45, 7) is 0.520. The minimum absolute atomic E-state index is 0.235. The second-order valence-electron chi connectivity index (χ2n) is 3.48. The van der Waals surface area contributed by atoms with Crippen LogP contribution >= 0.6 is 0 Å². The predicted molar refractivity (Wildman–Crippen MR) is 58.5 cm³/mol. The zero-order chi connectivity index (χ0) is 11.4. The van der Waals surface area contributed by atoms with E-state index in [1.165, 1.54) is 0 Å². The smallest absolute Gasteiger partial charge is 0.134 e. The first-order chi connectivity index (χ1) is 7.75. The molecule has 0 radical (unpaired) electrons. The molecule has 1 aromatic heterocycles. The predicted octanol–water partition coefficient (Wildman–Crippen LogP) is 0.896. The topological polar surface area (TPSA) is 81.2 Å². The normalized spacial score (nSPS) is 12.6. The molecule has 2 aromatic rings. The molecule has 0 unspecified atom stereocenters. The minimum Gasteiger partial charge on any atom is -0.508 e. The molecule has 0 saturated carbocycles. The molecule has 0 spiro atoms. The van der Waals surface area contributed by atoms with E-state index in [1.807, 2.05) is 0 Å². The maximum absolute atomic E-state index is 9.70. The average molecular weight is 219 g/mol. The number of rotatable bonds is 4. The van der Waals surface area contributed by atoms with E-state index in [2.05, 4.69) is 15.5 Å². The van der Waals surface area contributed by atoms with Crippen molar-refractivity contribution in [3.63, 3.8) is 0 Å². The molecule has 0 aliphatic heterocycles. The van der Waals surface area contributed by atoms with Crippen molar-refractivity contribution in [2.45, 2.75) is 12.8 Å². The third kappa shape index (κ3) is 2.59. The summed E-state index contributed by atoms with van der Waals surface area (Å²) in [5.74, 6) is 0.235. The van der Waals surface area contributed by atoms with E-state index >= 15 is 0 Å². The molecule has 1 atom stereocenters. The molecule has 0 amide bonds. The van der Waals surface area contributed by atoms with Gasteiger partial charge >= 0.3 is 0 Å². The third-order valence-corrected chi connectivity index (χ3v) is 2.27. The highest BCUT2D eigenvalue weighted by molar-refractivity contribution is 5.25. The number of benzene rings is 1. The van der Waals surface area contributed by atoms with Gasteiger partial charge in [0.1, 0.15) is 12.0 Å². The number of aliphatic hydroxyl groups excluding tert-OH is 1. The highest BCUT2D eigenvalue weighted by Crippen LogP contribution is 2.11. The lowest BCUT2D eigenvalue weighted by Crippen LogP contribution is -2.19. The summed E-state index contributed by atoms with van der Waals surface area (Å²) in [5, 5.41) is 28.1. The van der Waals surface area contributed by atoms with E-state index in [9.17, 15) is 5.11 Å². The second kappa shape index (κ2) is 4.78. The van der Waals surface area contributed by atoms with Crippen LogP contribution in [0.2, 0.25) is 0 Å². The van der Waals surface area contributed by atoms with Gasteiger partial charge in [0.05, 0.1) is 6.20 Å². The summed E-state index contributed by atoms with van der Waals surface area (Å²) >= 11 is 0. The number of phenols is 1. The Morgan fingerprint density at radius 3 is 2.69 bits per heavy atom. The molecule has 16 heavy (non-hydrogen) atoms. The first-order valence-corrected chi connectivity index (χ1v) is 4.94. The van der Waals surface area contributed by atoms with Crippen LogP contribution in [0.25, 0.3) is 0 Å². The van der Waals surface area contributed by atoms with Crippen molar-refractivity contribution in [3.05, 3.63) is 47.8 Å². The number of aromatic hydroxyl groups is 1. The quantitative estimate of drug-likeness (QED) is 0.576. The molecule has 2 rings (SSSR count). The van der Waals surface area contributed by atoms with E-state index in [4.69, 9.17) is 5.11 Å². The Hall–Kier alpha value is -1.85. The molecule has 0 aliphatic carbocycles. The van der Waals surface area contributed by atoms with Crippen molar-refractivity contribution in [1.29, 1.82) is 0 Å². The third-order valence-electron chi connectivity index (χ3n) is 2.27. The Bertz CT molecular complexity index is 425. The van der Waals surface area contributed by atoms with Crippen molar-refractivity contribution in [3.8, 4) is 5.75 Å². The lowest BCUT2D eigenvalue weighted by atomic mass is 10.2. The minimum atomic E-state index is -0.743. The number of aliphatic hydroxyl groups is 1. The van der Waals surface area contributed by atoms with Crippen molar-refractivity contribution >= 4 is 0 Å². The first-order valence-electron chi connectivity index (χ1n) is 4.94. The largest absolute Gasteiger partial charge is 0.508 e. The van der Waals surface area contributed by atoms with Crippen LogP contribution in [0.5, 0.6) is 5.75 Å². The first kappa shape index (κ1) is 10.7. The van der Waals surface area contributed by atoms with Gasteiger partial charge in [-0.1, -0.05) is 12.1 Å². The number of H-pyrrole nitrogens is 1. The van der Waals surface area contributed by atoms with Gasteiger partial charge in [-0.3, -0.25) is 10.4 Å². The van der Waals surface area contributed by atoms with Gasteiger partial charge in [0.25, 0.3) is 0 Å². The van der Waals surface area contributed by atoms with Crippen molar-refractivity contribution in [2.75, 3.05) is 0 Å². The molecule has 5 heteroatoms. The molecule has 1 aromatic carbocycles. The summed E-state index contributed by atoms with van der Waals surface area (Å²) in [4.78, 5) is 0. The molecule has 0 aliphatic rings. The highest BCUT2D eigenvalue weighted by atomic mass is 16.3. The Kier molecular flexibility index (Phi) is 3.19. The lowest BCUT2D eigenvalue weighted by molar-refractivity contribution is 0.137. The number of nitrogens with zero attached hydrogens (tertiary/aromatic N) is 1. The van der Waals surface area contributed by atoms with E-state index < -0.39 is 6.23 Å². The maximum atomic E-state index is 9.70. The van der Waals surface area contributed by atoms with Gasteiger partial charge in [0, 0.05) is 18.3 Å². The summed E-state index contributed by atoms with van der Waals surface area (Å²) < 4.78 is 0. The Morgan fingerprint density at radius 1 is 1.31 bits per heavy atom. The molecular weight excluding hydrogens is 206 g/mol. The Labute approximate surface area is 92.8 Å². The summed E-state index contributed by atoms with van der Waals surface area (Å²) in [5.41, 5.74) is 1.68. The molecule has 5 nitrogen and oxygen atoms in total. The van der Waals surface area contributed by atoms with Crippen molar-refractivity contribution < 1.29 is 10.2 Å². The fraction of sp³-hybridized carbons (Fsp3) is 0.182. The molecule has 4 N–H and O–H groups in total. The molecule has 84 valence electrons. The van der Waals surface area contributed by atoms with Crippen LogP contribution in [0.4, 0.5) is 0 Å². The monoisotopic (exact) mass is 219 g/mol. The van der Waals surface area contributed by atoms with Crippen LogP contribution in [0.3, 0.4) is 0 Å². The maximum Gasteiger partial charge on any atom is 0.134 e. The van der Waals surface area contributed by atoms with Gasteiger partial charge in [0.2, 0.25) is 0 Å². The summed E-state index contributed by atoms with van der Waals surface area (Å²) in [6, 6.07) is 6.82. The molecule has 0 bridgehead atoms.